The maximum absolute atomic E-state index is 5.40. The number of thiocarbonyl (C=S) groups is 1. The fourth-order valence-electron chi connectivity index (χ4n) is 2.53. The van der Waals surface area contributed by atoms with Crippen molar-refractivity contribution in [3.05, 3.63) is 0 Å². The molecule has 2 fully saturated rings. The van der Waals surface area contributed by atoms with Gasteiger partial charge in [-0.15, -0.1) is 0 Å². The Bertz CT molecular complexity index is 236. The lowest BCUT2D eigenvalue weighted by atomic mass is 9.90. The summed E-state index contributed by atoms with van der Waals surface area (Å²) in [5.41, 5.74) is 0. The van der Waals surface area contributed by atoms with Crippen LogP contribution in [-0.2, 0) is 0 Å². The third kappa shape index (κ3) is 2.58. The Morgan fingerprint density at radius 3 is 2.60 bits per heavy atom. The summed E-state index contributed by atoms with van der Waals surface area (Å²) in [5, 5.41) is 3.51. The SMILES string of the molecule is CC(C)N(CC1NCCC1=S)C1CCC1. The smallest absolute Gasteiger partial charge is 0.0514 e. The Hall–Kier alpha value is 0.01000. The van der Waals surface area contributed by atoms with Gasteiger partial charge in [0, 0.05) is 30.0 Å². The molecule has 1 aliphatic heterocycles. The van der Waals surface area contributed by atoms with Crippen LogP contribution in [0, 0.1) is 0 Å². The van der Waals surface area contributed by atoms with Crippen LogP contribution < -0.4 is 5.32 Å². The van der Waals surface area contributed by atoms with Crippen molar-refractivity contribution in [3.8, 4) is 0 Å². The topological polar surface area (TPSA) is 15.3 Å². The van der Waals surface area contributed by atoms with Gasteiger partial charge in [0.2, 0.25) is 0 Å². The lowest BCUT2D eigenvalue weighted by molar-refractivity contribution is 0.0915. The molecule has 0 aromatic heterocycles. The first-order valence-corrected chi connectivity index (χ1v) is 6.61. The minimum atomic E-state index is 0.475. The number of nitrogens with zero attached hydrogens (tertiary/aromatic N) is 1. The predicted molar refractivity (Wildman–Crippen MR) is 68.5 cm³/mol. The lowest BCUT2D eigenvalue weighted by Crippen LogP contribution is -2.50. The first kappa shape index (κ1) is 11.5. The van der Waals surface area contributed by atoms with E-state index in [1.165, 1.54) is 24.1 Å². The van der Waals surface area contributed by atoms with Gasteiger partial charge in [-0.3, -0.25) is 4.90 Å². The van der Waals surface area contributed by atoms with Crippen molar-refractivity contribution in [2.75, 3.05) is 13.1 Å². The van der Waals surface area contributed by atoms with Crippen molar-refractivity contribution >= 4 is 17.1 Å². The fraction of sp³-hybridized carbons (Fsp3) is 0.917. The molecular formula is C12H22N2S. The summed E-state index contributed by atoms with van der Waals surface area (Å²) in [6.45, 7) is 6.81. The van der Waals surface area contributed by atoms with Crippen LogP contribution in [0.4, 0.5) is 0 Å². The van der Waals surface area contributed by atoms with Crippen molar-refractivity contribution < 1.29 is 0 Å². The minimum Gasteiger partial charge on any atom is -0.308 e. The summed E-state index contributed by atoms with van der Waals surface area (Å²) in [5.74, 6) is 0. The van der Waals surface area contributed by atoms with Gasteiger partial charge in [-0.2, -0.15) is 0 Å². The molecule has 1 heterocycles. The summed E-state index contributed by atoms with van der Waals surface area (Å²) < 4.78 is 0. The van der Waals surface area contributed by atoms with Gasteiger partial charge in [-0.25, -0.2) is 0 Å². The first-order chi connectivity index (χ1) is 7.18. The van der Waals surface area contributed by atoms with Crippen LogP contribution in [0.2, 0.25) is 0 Å². The molecule has 2 aliphatic rings. The third-order valence-corrected chi connectivity index (χ3v) is 4.24. The van der Waals surface area contributed by atoms with E-state index in [0.29, 0.717) is 12.1 Å². The lowest BCUT2D eigenvalue weighted by Gasteiger charge is -2.41. The van der Waals surface area contributed by atoms with Crippen LogP contribution in [0.5, 0.6) is 0 Å². The molecule has 1 saturated carbocycles. The van der Waals surface area contributed by atoms with Gasteiger partial charge >= 0.3 is 0 Å². The van der Waals surface area contributed by atoms with Crippen molar-refractivity contribution in [3.63, 3.8) is 0 Å². The Morgan fingerprint density at radius 1 is 1.47 bits per heavy atom. The Kier molecular flexibility index (Phi) is 3.75. The molecule has 0 aromatic carbocycles. The summed E-state index contributed by atoms with van der Waals surface area (Å²) in [6.07, 6.45) is 5.28. The predicted octanol–water partition coefficient (Wildman–Crippen LogP) is 1.98. The molecule has 1 atom stereocenters. The second-order valence-electron chi connectivity index (χ2n) is 5.10. The molecule has 1 unspecified atom stereocenters. The van der Waals surface area contributed by atoms with E-state index in [-0.39, 0.29) is 0 Å². The monoisotopic (exact) mass is 226 g/mol. The van der Waals surface area contributed by atoms with Crippen molar-refractivity contribution in [2.45, 2.75) is 57.7 Å². The fourth-order valence-corrected chi connectivity index (χ4v) is 2.79. The summed E-state index contributed by atoms with van der Waals surface area (Å²) >= 11 is 5.40. The summed E-state index contributed by atoms with van der Waals surface area (Å²) in [7, 11) is 0. The highest BCUT2D eigenvalue weighted by atomic mass is 32.1. The van der Waals surface area contributed by atoms with E-state index in [1.807, 2.05) is 0 Å². The molecule has 1 N–H and O–H groups in total. The number of rotatable bonds is 4. The molecule has 2 rings (SSSR count). The van der Waals surface area contributed by atoms with Crippen molar-refractivity contribution in [1.82, 2.24) is 10.2 Å². The van der Waals surface area contributed by atoms with Crippen molar-refractivity contribution in [1.29, 1.82) is 0 Å². The quantitative estimate of drug-likeness (QED) is 0.738. The molecule has 3 heteroatoms. The van der Waals surface area contributed by atoms with E-state index in [4.69, 9.17) is 12.2 Å². The van der Waals surface area contributed by atoms with E-state index in [9.17, 15) is 0 Å². The zero-order valence-corrected chi connectivity index (χ0v) is 10.6. The average molecular weight is 226 g/mol. The first-order valence-electron chi connectivity index (χ1n) is 6.20. The third-order valence-electron chi connectivity index (χ3n) is 3.75. The van der Waals surface area contributed by atoms with Crippen LogP contribution >= 0.6 is 12.2 Å². The normalized spacial score (nSPS) is 27.7. The molecule has 0 radical (unpaired) electrons. The van der Waals surface area contributed by atoms with Gasteiger partial charge in [-0.05, 0) is 33.1 Å². The largest absolute Gasteiger partial charge is 0.308 e. The second kappa shape index (κ2) is 4.89. The minimum absolute atomic E-state index is 0.475. The van der Waals surface area contributed by atoms with E-state index in [0.717, 1.165) is 25.6 Å². The molecule has 0 bridgehead atoms. The van der Waals surface area contributed by atoms with Crippen LogP contribution in [-0.4, -0.2) is 41.0 Å². The zero-order valence-electron chi connectivity index (χ0n) is 9.83. The summed E-state index contributed by atoms with van der Waals surface area (Å²) in [6, 6.07) is 1.96. The number of hydrogen-bond donors (Lipinski definition) is 1. The van der Waals surface area contributed by atoms with E-state index in [2.05, 4.69) is 24.1 Å². The standard InChI is InChI=1S/C12H22N2S/c1-9(2)14(10-4-3-5-10)8-11-12(15)6-7-13-11/h9-11,13H,3-8H2,1-2H3. The zero-order chi connectivity index (χ0) is 10.8. The van der Waals surface area contributed by atoms with Gasteiger partial charge in [0.1, 0.15) is 0 Å². The Morgan fingerprint density at radius 2 is 2.20 bits per heavy atom. The second-order valence-corrected chi connectivity index (χ2v) is 5.62. The number of hydrogen-bond acceptors (Lipinski definition) is 3. The Labute approximate surface area is 98.4 Å². The molecule has 0 amide bonds. The maximum Gasteiger partial charge on any atom is 0.0514 e. The van der Waals surface area contributed by atoms with Crippen LogP contribution in [0.15, 0.2) is 0 Å². The van der Waals surface area contributed by atoms with E-state index >= 15 is 0 Å². The molecule has 0 spiro atoms. The highest BCUT2D eigenvalue weighted by molar-refractivity contribution is 7.80. The molecule has 1 aliphatic carbocycles. The van der Waals surface area contributed by atoms with Gasteiger partial charge < -0.3 is 5.32 Å². The van der Waals surface area contributed by atoms with Crippen LogP contribution in [0.3, 0.4) is 0 Å². The van der Waals surface area contributed by atoms with Gasteiger partial charge in [-0.1, -0.05) is 18.6 Å². The molecule has 0 aromatic rings. The van der Waals surface area contributed by atoms with Gasteiger partial charge in [0.25, 0.3) is 0 Å². The van der Waals surface area contributed by atoms with Gasteiger partial charge in [0.15, 0.2) is 0 Å². The molecule has 86 valence electrons. The van der Waals surface area contributed by atoms with Crippen LogP contribution in [0.1, 0.15) is 39.5 Å². The molecular weight excluding hydrogens is 204 g/mol. The van der Waals surface area contributed by atoms with Gasteiger partial charge in [0.05, 0.1) is 6.04 Å². The van der Waals surface area contributed by atoms with E-state index in [1.54, 1.807) is 0 Å². The number of nitrogens with one attached hydrogen (secondary N) is 1. The highest BCUT2D eigenvalue weighted by Crippen LogP contribution is 2.27. The Balaban J connectivity index is 1.90. The van der Waals surface area contributed by atoms with E-state index < -0.39 is 0 Å². The maximum atomic E-state index is 5.40. The average Bonchev–Trinajstić information content (AvgIpc) is 2.47. The highest BCUT2D eigenvalue weighted by Gasteiger charge is 2.30. The molecule has 1 saturated heterocycles. The van der Waals surface area contributed by atoms with Crippen LogP contribution in [0.25, 0.3) is 0 Å². The van der Waals surface area contributed by atoms with Crippen molar-refractivity contribution in [2.24, 2.45) is 0 Å². The molecule has 15 heavy (non-hydrogen) atoms. The summed E-state index contributed by atoms with van der Waals surface area (Å²) in [4.78, 5) is 3.87. The molecule has 2 nitrogen and oxygen atoms in total.